The molecule has 0 aromatic rings. The monoisotopic (exact) mass is 139 g/mol. The maximum absolute atomic E-state index is 2.51. The molecule has 1 heterocycles. The predicted octanol–water partition coefficient (Wildman–Crippen LogP) is 2.05. The topological polar surface area (TPSA) is 3.24 Å². The molecule has 0 spiro atoms. The Kier molecular flexibility index (Phi) is 2.50. The van der Waals surface area contributed by atoms with Crippen LogP contribution in [0.1, 0.15) is 27.2 Å². The maximum Gasteiger partial charge on any atom is 0.0276 e. The first kappa shape index (κ1) is 7.80. The zero-order chi connectivity index (χ0) is 7.56. The average Bonchev–Trinajstić information content (AvgIpc) is 1.95. The van der Waals surface area contributed by atoms with Gasteiger partial charge in [-0.1, -0.05) is 18.6 Å². The highest BCUT2D eigenvalue weighted by molar-refractivity contribution is 5.10. The molecule has 1 aliphatic heterocycles. The van der Waals surface area contributed by atoms with Crippen molar-refractivity contribution in [3.05, 3.63) is 11.6 Å². The van der Waals surface area contributed by atoms with Crippen LogP contribution in [-0.4, -0.2) is 24.0 Å². The van der Waals surface area contributed by atoms with Crippen LogP contribution in [0.15, 0.2) is 11.6 Å². The molecule has 10 heavy (non-hydrogen) atoms. The molecule has 0 saturated carbocycles. The van der Waals surface area contributed by atoms with E-state index < -0.39 is 0 Å². The first-order valence-electron chi connectivity index (χ1n) is 4.16. The van der Waals surface area contributed by atoms with E-state index in [2.05, 4.69) is 31.7 Å². The molecule has 0 unspecified atom stereocenters. The second-order valence-electron chi connectivity index (χ2n) is 3.04. The van der Waals surface area contributed by atoms with Gasteiger partial charge in [0, 0.05) is 12.6 Å². The number of nitrogens with zero attached hydrogens (tertiary/aromatic N) is 1. The fourth-order valence-corrected chi connectivity index (χ4v) is 1.54. The fraction of sp³-hybridized carbons (Fsp3) is 0.778. The number of hydrogen-bond donors (Lipinski definition) is 0. The van der Waals surface area contributed by atoms with Gasteiger partial charge in [0.05, 0.1) is 0 Å². The van der Waals surface area contributed by atoms with Gasteiger partial charge in [-0.2, -0.15) is 0 Å². The average molecular weight is 139 g/mol. The number of hydrogen-bond acceptors (Lipinski definition) is 1. The lowest BCUT2D eigenvalue weighted by atomic mass is 10.0. The minimum absolute atomic E-state index is 0.679. The van der Waals surface area contributed by atoms with Crippen LogP contribution < -0.4 is 0 Å². The molecule has 0 aromatic heterocycles. The largest absolute Gasteiger partial charge is 0.297 e. The van der Waals surface area contributed by atoms with Crippen LogP contribution in [0.2, 0.25) is 0 Å². The molecule has 0 N–H and O–H groups in total. The van der Waals surface area contributed by atoms with Gasteiger partial charge < -0.3 is 0 Å². The van der Waals surface area contributed by atoms with Gasteiger partial charge in [-0.05, 0) is 26.8 Å². The van der Waals surface area contributed by atoms with Crippen LogP contribution >= 0.6 is 0 Å². The SMILES string of the molecule is CCN1CCC=C(C)[C@H]1C. The zero-order valence-electron chi connectivity index (χ0n) is 7.22. The van der Waals surface area contributed by atoms with Crippen molar-refractivity contribution in [1.82, 2.24) is 4.90 Å². The van der Waals surface area contributed by atoms with E-state index >= 15 is 0 Å². The van der Waals surface area contributed by atoms with Crippen LogP contribution in [0.4, 0.5) is 0 Å². The van der Waals surface area contributed by atoms with Gasteiger partial charge in [-0.15, -0.1) is 0 Å². The van der Waals surface area contributed by atoms with Gasteiger partial charge in [-0.3, -0.25) is 4.90 Å². The van der Waals surface area contributed by atoms with E-state index in [0.717, 1.165) is 0 Å². The van der Waals surface area contributed by atoms with Crippen molar-refractivity contribution in [2.45, 2.75) is 33.2 Å². The zero-order valence-corrected chi connectivity index (χ0v) is 7.22. The first-order chi connectivity index (χ1) is 4.75. The molecule has 0 saturated heterocycles. The third kappa shape index (κ3) is 1.40. The van der Waals surface area contributed by atoms with Crippen LogP contribution in [0.5, 0.6) is 0 Å². The molecule has 58 valence electrons. The quantitative estimate of drug-likeness (QED) is 0.502. The highest BCUT2D eigenvalue weighted by Gasteiger charge is 2.15. The molecule has 1 heteroatoms. The number of rotatable bonds is 1. The van der Waals surface area contributed by atoms with Crippen LogP contribution in [0.3, 0.4) is 0 Å². The van der Waals surface area contributed by atoms with Gasteiger partial charge in [0.15, 0.2) is 0 Å². The highest BCUT2D eigenvalue weighted by Crippen LogP contribution is 2.15. The molecule has 0 amide bonds. The molecule has 0 fully saturated rings. The van der Waals surface area contributed by atoms with Gasteiger partial charge in [-0.25, -0.2) is 0 Å². The Hall–Kier alpha value is -0.300. The summed E-state index contributed by atoms with van der Waals surface area (Å²) < 4.78 is 0. The Morgan fingerprint density at radius 1 is 1.70 bits per heavy atom. The van der Waals surface area contributed by atoms with Crippen LogP contribution in [0.25, 0.3) is 0 Å². The molecule has 0 aliphatic carbocycles. The second-order valence-corrected chi connectivity index (χ2v) is 3.04. The molecule has 1 aliphatic rings. The number of likely N-dealkylation sites (N-methyl/N-ethyl adjacent to an activating group) is 1. The van der Waals surface area contributed by atoms with Crippen molar-refractivity contribution in [2.24, 2.45) is 0 Å². The summed E-state index contributed by atoms with van der Waals surface area (Å²) in [5.74, 6) is 0. The van der Waals surface area contributed by atoms with E-state index in [1.54, 1.807) is 0 Å². The molecule has 1 nitrogen and oxygen atoms in total. The predicted molar refractivity (Wildman–Crippen MR) is 45.1 cm³/mol. The third-order valence-corrected chi connectivity index (χ3v) is 2.50. The molecule has 1 rings (SSSR count). The lowest BCUT2D eigenvalue weighted by Gasteiger charge is -2.31. The van der Waals surface area contributed by atoms with Gasteiger partial charge >= 0.3 is 0 Å². The van der Waals surface area contributed by atoms with Crippen molar-refractivity contribution in [3.8, 4) is 0 Å². The molecule has 0 bridgehead atoms. The summed E-state index contributed by atoms with van der Waals surface area (Å²) in [5, 5.41) is 0. The summed E-state index contributed by atoms with van der Waals surface area (Å²) in [6, 6.07) is 0.679. The highest BCUT2D eigenvalue weighted by atomic mass is 15.1. The third-order valence-electron chi connectivity index (χ3n) is 2.50. The van der Waals surface area contributed by atoms with Crippen molar-refractivity contribution in [3.63, 3.8) is 0 Å². The standard InChI is InChI=1S/C9H17N/c1-4-10-7-5-6-8(2)9(10)3/h6,9H,4-5,7H2,1-3H3/t9-/m1/s1. The summed E-state index contributed by atoms with van der Waals surface area (Å²) in [5.41, 5.74) is 1.54. The minimum atomic E-state index is 0.679. The van der Waals surface area contributed by atoms with E-state index in [0.29, 0.717) is 6.04 Å². The summed E-state index contributed by atoms with van der Waals surface area (Å²) in [6.45, 7) is 9.18. The van der Waals surface area contributed by atoms with E-state index in [9.17, 15) is 0 Å². The Labute approximate surface area is 63.7 Å². The van der Waals surface area contributed by atoms with Gasteiger partial charge in [0.25, 0.3) is 0 Å². The van der Waals surface area contributed by atoms with E-state index in [1.807, 2.05) is 0 Å². The van der Waals surface area contributed by atoms with Crippen molar-refractivity contribution >= 4 is 0 Å². The smallest absolute Gasteiger partial charge is 0.0276 e. The fourth-order valence-electron chi connectivity index (χ4n) is 1.54. The maximum atomic E-state index is 2.51. The summed E-state index contributed by atoms with van der Waals surface area (Å²) in [6.07, 6.45) is 3.60. The summed E-state index contributed by atoms with van der Waals surface area (Å²) in [4.78, 5) is 2.51. The van der Waals surface area contributed by atoms with Crippen LogP contribution in [-0.2, 0) is 0 Å². The molecule has 0 radical (unpaired) electrons. The van der Waals surface area contributed by atoms with Crippen LogP contribution in [0, 0.1) is 0 Å². The Bertz CT molecular complexity index is 138. The van der Waals surface area contributed by atoms with Crippen molar-refractivity contribution < 1.29 is 0 Å². The summed E-state index contributed by atoms with van der Waals surface area (Å²) >= 11 is 0. The van der Waals surface area contributed by atoms with Crippen molar-refractivity contribution in [1.29, 1.82) is 0 Å². The first-order valence-corrected chi connectivity index (χ1v) is 4.16. The Morgan fingerprint density at radius 3 is 2.90 bits per heavy atom. The van der Waals surface area contributed by atoms with E-state index in [1.165, 1.54) is 25.1 Å². The second kappa shape index (κ2) is 3.20. The lowest BCUT2D eigenvalue weighted by Crippen LogP contribution is -2.36. The van der Waals surface area contributed by atoms with E-state index in [-0.39, 0.29) is 0 Å². The van der Waals surface area contributed by atoms with Crippen molar-refractivity contribution in [2.75, 3.05) is 13.1 Å². The van der Waals surface area contributed by atoms with E-state index in [4.69, 9.17) is 0 Å². The Morgan fingerprint density at radius 2 is 2.40 bits per heavy atom. The molecule has 1 atom stereocenters. The molecular weight excluding hydrogens is 122 g/mol. The van der Waals surface area contributed by atoms with Gasteiger partial charge in [0.2, 0.25) is 0 Å². The minimum Gasteiger partial charge on any atom is -0.297 e. The molecular formula is C9H17N. The van der Waals surface area contributed by atoms with Gasteiger partial charge in [0.1, 0.15) is 0 Å². The molecule has 0 aromatic carbocycles. The lowest BCUT2D eigenvalue weighted by molar-refractivity contribution is 0.237. The normalized spacial score (nSPS) is 28.3. The Balaban J connectivity index is 2.59. The summed E-state index contributed by atoms with van der Waals surface area (Å²) in [7, 11) is 0.